The van der Waals surface area contributed by atoms with Crippen molar-refractivity contribution in [1.29, 1.82) is 0 Å². The Labute approximate surface area is 188 Å². The number of hydrogen-bond acceptors (Lipinski definition) is 7. The Hall–Kier alpha value is -2.43. The van der Waals surface area contributed by atoms with Gasteiger partial charge in [0.1, 0.15) is 22.9 Å². The molecule has 0 aliphatic carbocycles. The number of amides is 1. The van der Waals surface area contributed by atoms with Crippen molar-refractivity contribution in [3.63, 3.8) is 0 Å². The second-order valence-electron chi connectivity index (χ2n) is 8.17. The predicted molar refractivity (Wildman–Crippen MR) is 116 cm³/mol. The Morgan fingerprint density at radius 2 is 1.91 bits per heavy atom. The summed E-state index contributed by atoms with van der Waals surface area (Å²) < 4.78 is 43.9. The van der Waals surface area contributed by atoms with Crippen molar-refractivity contribution in [2.24, 2.45) is 0 Å². The minimum Gasteiger partial charge on any atom is -0.491 e. The molecule has 0 radical (unpaired) electrons. The lowest BCUT2D eigenvalue weighted by Crippen LogP contribution is -2.37. The standard InChI is InChI=1S/C22H29N3O6S/c1-16-21(17(2)31-23-16)32(27,28)25-11-4-10-24(12-13-25)22(26)18-6-8-19(9-7-18)30-15-20-5-3-14-29-20/h6-9,20H,3-5,10-15H2,1-2H3. The van der Waals surface area contributed by atoms with Crippen LogP contribution in [-0.2, 0) is 14.8 Å². The number of sulfonamides is 1. The molecule has 1 unspecified atom stereocenters. The third kappa shape index (κ3) is 4.82. The van der Waals surface area contributed by atoms with E-state index in [0.29, 0.717) is 49.7 Å². The maximum Gasteiger partial charge on any atom is 0.253 e. The van der Waals surface area contributed by atoms with Gasteiger partial charge in [0.2, 0.25) is 10.0 Å². The summed E-state index contributed by atoms with van der Waals surface area (Å²) in [5.74, 6) is 0.860. The average Bonchev–Trinajstić information content (AvgIpc) is 3.34. The molecule has 9 nitrogen and oxygen atoms in total. The molecule has 32 heavy (non-hydrogen) atoms. The molecule has 2 fully saturated rings. The van der Waals surface area contributed by atoms with E-state index in [-0.39, 0.29) is 29.2 Å². The molecule has 2 aromatic rings. The topological polar surface area (TPSA) is 102 Å². The van der Waals surface area contributed by atoms with Crippen molar-refractivity contribution in [2.75, 3.05) is 39.4 Å². The third-order valence-corrected chi connectivity index (χ3v) is 8.01. The van der Waals surface area contributed by atoms with Crippen molar-refractivity contribution in [3.05, 3.63) is 41.3 Å². The van der Waals surface area contributed by atoms with Crippen LogP contribution in [0.1, 0.15) is 41.1 Å². The van der Waals surface area contributed by atoms with Crippen LogP contribution < -0.4 is 4.74 Å². The van der Waals surface area contributed by atoms with Crippen LogP contribution in [0, 0.1) is 13.8 Å². The normalized spacial score (nSPS) is 20.3. The zero-order valence-corrected chi connectivity index (χ0v) is 19.3. The molecule has 2 aliphatic rings. The van der Waals surface area contributed by atoms with Crippen LogP contribution in [0.3, 0.4) is 0 Å². The lowest BCUT2D eigenvalue weighted by atomic mass is 10.2. The Morgan fingerprint density at radius 3 is 2.56 bits per heavy atom. The molecule has 1 aromatic carbocycles. The molecule has 2 aliphatic heterocycles. The van der Waals surface area contributed by atoms with E-state index in [1.807, 2.05) is 0 Å². The number of rotatable bonds is 6. The molecule has 0 saturated carbocycles. The van der Waals surface area contributed by atoms with E-state index in [4.69, 9.17) is 14.0 Å². The number of aryl methyl sites for hydroxylation is 2. The van der Waals surface area contributed by atoms with Gasteiger partial charge in [-0.3, -0.25) is 4.79 Å². The fraction of sp³-hybridized carbons (Fsp3) is 0.545. The second-order valence-corrected chi connectivity index (χ2v) is 10.0. The molecule has 0 bridgehead atoms. The first kappa shape index (κ1) is 22.8. The first-order chi connectivity index (χ1) is 15.4. The van der Waals surface area contributed by atoms with Crippen LogP contribution in [-0.4, -0.2) is 74.2 Å². The monoisotopic (exact) mass is 463 g/mol. The van der Waals surface area contributed by atoms with E-state index in [1.165, 1.54) is 4.31 Å². The van der Waals surface area contributed by atoms with E-state index < -0.39 is 10.0 Å². The molecule has 4 rings (SSSR count). The number of benzene rings is 1. The molecular weight excluding hydrogens is 434 g/mol. The fourth-order valence-corrected chi connectivity index (χ4v) is 5.91. The molecule has 1 aromatic heterocycles. The lowest BCUT2D eigenvalue weighted by molar-refractivity contribution is 0.0678. The highest BCUT2D eigenvalue weighted by Crippen LogP contribution is 2.25. The predicted octanol–water partition coefficient (Wildman–Crippen LogP) is 2.39. The maximum absolute atomic E-state index is 13.1. The SMILES string of the molecule is Cc1noc(C)c1S(=O)(=O)N1CCCN(C(=O)c2ccc(OCC3CCCO3)cc2)CC1. The Morgan fingerprint density at radius 1 is 1.12 bits per heavy atom. The summed E-state index contributed by atoms with van der Waals surface area (Å²) in [7, 11) is -3.72. The van der Waals surface area contributed by atoms with Gasteiger partial charge in [-0.2, -0.15) is 4.31 Å². The van der Waals surface area contributed by atoms with Gasteiger partial charge in [-0.1, -0.05) is 5.16 Å². The van der Waals surface area contributed by atoms with Gasteiger partial charge in [-0.25, -0.2) is 8.42 Å². The summed E-state index contributed by atoms with van der Waals surface area (Å²) >= 11 is 0. The zero-order chi connectivity index (χ0) is 22.7. The van der Waals surface area contributed by atoms with Crippen LogP contribution in [0.5, 0.6) is 5.75 Å². The highest BCUT2D eigenvalue weighted by Gasteiger charge is 2.33. The van der Waals surface area contributed by atoms with E-state index in [9.17, 15) is 13.2 Å². The van der Waals surface area contributed by atoms with Gasteiger partial charge >= 0.3 is 0 Å². The highest BCUT2D eigenvalue weighted by molar-refractivity contribution is 7.89. The molecule has 3 heterocycles. The van der Waals surface area contributed by atoms with Gasteiger partial charge in [-0.05, 0) is 57.4 Å². The number of nitrogens with zero attached hydrogens (tertiary/aromatic N) is 3. The van der Waals surface area contributed by atoms with E-state index >= 15 is 0 Å². The van der Waals surface area contributed by atoms with E-state index in [1.54, 1.807) is 43.0 Å². The Bertz CT molecular complexity index is 1020. The van der Waals surface area contributed by atoms with Crippen LogP contribution in [0.2, 0.25) is 0 Å². The second kappa shape index (κ2) is 9.60. The summed E-state index contributed by atoms with van der Waals surface area (Å²) in [6.45, 7) is 5.87. The summed E-state index contributed by atoms with van der Waals surface area (Å²) in [5.41, 5.74) is 0.901. The van der Waals surface area contributed by atoms with Gasteiger partial charge in [0, 0.05) is 38.3 Å². The number of carbonyl (C=O) groups is 1. The molecule has 1 amide bonds. The van der Waals surface area contributed by atoms with Crippen LogP contribution >= 0.6 is 0 Å². The third-order valence-electron chi connectivity index (χ3n) is 5.87. The maximum atomic E-state index is 13.1. The van der Waals surface area contributed by atoms with Crippen molar-refractivity contribution in [2.45, 2.75) is 44.1 Å². The zero-order valence-electron chi connectivity index (χ0n) is 18.5. The number of aromatic nitrogens is 1. The highest BCUT2D eigenvalue weighted by atomic mass is 32.2. The Balaban J connectivity index is 1.37. The number of carbonyl (C=O) groups excluding carboxylic acids is 1. The minimum atomic E-state index is -3.72. The van der Waals surface area contributed by atoms with Crippen molar-refractivity contribution in [1.82, 2.24) is 14.4 Å². The fourth-order valence-electron chi connectivity index (χ4n) is 4.15. The summed E-state index contributed by atoms with van der Waals surface area (Å²) in [5, 5.41) is 3.76. The first-order valence-corrected chi connectivity index (χ1v) is 12.4. The van der Waals surface area contributed by atoms with Crippen LogP contribution in [0.25, 0.3) is 0 Å². The quantitative estimate of drug-likeness (QED) is 0.648. The molecule has 0 spiro atoms. The minimum absolute atomic E-state index is 0.118. The summed E-state index contributed by atoms with van der Waals surface area (Å²) in [6.07, 6.45) is 2.76. The number of ether oxygens (including phenoxy) is 2. The molecule has 174 valence electrons. The number of hydrogen-bond donors (Lipinski definition) is 0. The molecule has 1 atom stereocenters. The van der Waals surface area contributed by atoms with E-state index in [2.05, 4.69) is 5.16 Å². The summed E-state index contributed by atoms with van der Waals surface area (Å²) in [4.78, 5) is 14.8. The van der Waals surface area contributed by atoms with Crippen molar-refractivity contribution in [3.8, 4) is 5.75 Å². The van der Waals surface area contributed by atoms with Gasteiger partial charge in [0.15, 0.2) is 5.76 Å². The molecule has 2 saturated heterocycles. The molecule has 0 N–H and O–H groups in total. The lowest BCUT2D eigenvalue weighted by Gasteiger charge is -2.22. The van der Waals surface area contributed by atoms with Crippen molar-refractivity contribution >= 4 is 15.9 Å². The van der Waals surface area contributed by atoms with Gasteiger partial charge in [0.05, 0.1) is 6.10 Å². The smallest absolute Gasteiger partial charge is 0.253 e. The molecule has 10 heteroatoms. The summed E-state index contributed by atoms with van der Waals surface area (Å²) in [6, 6.07) is 7.06. The Kier molecular flexibility index (Phi) is 6.82. The molecular formula is C22H29N3O6S. The van der Waals surface area contributed by atoms with Crippen LogP contribution in [0.15, 0.2) is 33.7 Å². The van der Waals surface area contributed by atoms with Gasteiger partial charge in [0.25, 0.3) is 5.91 Å². The van der Waals surface area contributed by atoms with Gasteiger partial charge < -0.3 is 18.9 Å². The largest absolute Gasteiger partial charge is 0.491 e. The average molecular weight is 464 g/mol. The van der Waals surface area contributed by atoms with Crippen LogP contribution in [0.4, 0.5) is 0 Å². The van der Waals surface area contributed by atoms with Gasteiger partial charge in [-0.15, -0.1) is 0 Å². The van der Waals surface area contributed by atoms with Crippen molar-refractivity contribution < 1.29 is 27.2 Å². The first-order valence-electron chi connectivity index (χ1n) is 10.9. The van der Waals surface area contributed by atoms with E-state index in [0.717, 1.165) is 19.4 Å².